The van der Waals surface area contributed by atoms with Gasteiger partial charge >= 0.3 is 5.97 Å². The number of imidazole rings is 1. The molecule has 4 heterocycles. The highest BCUT2D eigenvalue weighted by Crippen LogP contribution is 2.30. The summed E-state index contributed by atoms with van der Waals surface area (Å²) in [5.41, 5.74) is 2.25. The third-order valence-corrected chi connectivity index (χ3v) is 5.18. The number of aromatic carboxylic acids is 1. The fourth-order valence-electron chi connectivity index (χ4n) is 3.83. The van der Waals surface area contributed by atoms with E-state index in [2.05, 4.69) is 24.4 Å². The van der Waals surface area contributed by atoms with Gasteiger partial charge in [-0.15, -0.1) is 0 Å². The smallest absolute Gasteiger partial charge is 0.339 e. The highest BCUT2D eigenvalue weighted by Gasteiger charge is 2.28. The fourth-order valence-corrected chi connectivity index (χ4v) is 3.83. The van der Waals surface area contributed by atoms with Gasteiger partial charge in [0.1, 0.15) is 17.2 Å². The summed E-state index contributed by atoms with van der Waals surface area (Å²) in [6.45, 7) is 4.15. The van der Waals surface area contributed by atoms with Crippen molar-refractivity contribution < 1.29 is 9.90 Å². The molecule has 4 rings (SSSR count). The Hall–Kier alpha value is -3.22. The van der Waals surface area contributed by atoms with Gasteiger partial charge in [-0.2, -0.15) is 0 Å². The summed E-state index contributed by atoms with van der Waals surface area (Å²) < 4.78 is 2.17. The van der Waals surface area contributed by atoms with E-state index in [-0.39, 0.29) is 11.5 Å². The van der Waals surface area contributed by atoms with E-state index in [9.17, 15) is 9.90 Å². The number of carbonyl (C=O) groups is 1. The van der Waals surface area contributed by atoms with Gasteiger partial charge in [0.05, 0.1) is 0 Å². The van der Waals surface area contributed by atoms with Crippen molar-refractivity contribution in [3.05, 3.63) is 71.7 Å². The van der Waals surface area contributed by atoms with Crippen LogP contribution in [0.5, 0.6) is 0 Å². The normalized spacial score (nSPS) is 16.9. The predicted molar refractivity (Wildman–Crippen MR) is 106 cm³/mol. The Labute approximate surface area is 163 Å². The van der Waals surface area contributed by atoms with Crippen molar-refractivity contribution in [2.24, 2.45) is 0 Å². The first-order chi connectivity index (χ1) is 13.6. The average Bonchev–Trinajstić information content (AvgIpc) is 3.16. The van der Waals surface area contributed by atoms with Crippen LogP contribution in [0, 0.1) is 6.92 Å². The van der Waals surface area contributed by atoms with E-state index in [0.717, 1.165) is 37.4 Å². The molecule has 28 heavy (non-hydrogen) atoms. The van der Waals surface area contributed by atoms with E-state index in [4.69, 9.17) is 0 Å². The number of carboxylic acids is 1. The molecule has 0 radical (unpaired) electrons. The van der Waals surface area contributed by atoms with Gasteiger partial charge in [-0.05, 0) is 49.6 Å². The van der Waals surface area contributed by atoms with E-state index in [1.807, 2.05) is 31.5 Å². The van der Waals surface area contributed by atoms with Crippen molar-refractivity contribution >= 4 is 11.8 Å². The Balaban J connectivity index is 1.58. The third-order valence-electron chi connectivity index (χ3n) is 5.18. The Morgan fingerprint density at radius 1 is 1.21 bits per heavy atom. The van der Waals surface area contributed by atoms with Crippen LogP contribution in [0.4, 0.5) is 5.82 Å². The van der Waals surface area contributed by atoms with Crippen molar-refractivity contribution in [3.63, 3.8) is 0 Å². The van der Waals surface area contributed by atoms with Gasteiger partial charge in [-0.25, -0.2) is 14.8 Å². The number of piperidine rings is 1. The number of aromatic nitrogens is 4. The van der Waals surface area contributed by atoms with Crippen LogP contribution in [-0.2, 0) is 6.54 Å². The number of anilines is 1. The Bertz CT molecular complexity index is 970. The molecule has 7 heteroatoms. The number of pyridine rings is 2. The van der Waals surface area contributed by atoms with Gasteiger partial charge in [-0.1, -0.05) is 0 Å². The molecule has 0 spiro atoms. The van der Waals surface area contributed by atoms with Crippen LogP contribution in [0.15, 0.2) is 49.1 Å². The van der Waals surface area contributed by atoms with Gasteiger partial charge in [0.2, 0.25) is 0 Å². The van der Waals surface area contributed by atoms with E-state index in [0.29, 0.717) is 12.4 Å². The summed E-state index contributed by atoms with van der Waals surface area (Å²) in [5, 5.41) is 9.56. The van der Waals surface area contributed by atoms with Gasteiger partial charge in [0.15, 0.2) is 0 Å². The molecular formula is C21H23N5O2. The maximum atomic E-state index is 11.7. The van der Waals surface area contributed by atoms with E-state index in [1.165, 1.54) is 5.56 Å². The molecule has 7 nitrogen and oxygen atoms in total. The topological polar surface area (TPSA) is 84.1 Å². The van der Waals surface area contributed by atoms with Crippen molar-refractivity contribution in [2.45, 2.75) is 32.2 Å². The molecule has 1 N–H and O–H groups in total. The van der Waals surface area contributed by atoms with Crippen LogP contribution in [0.3, 0.4) is 0 Å². The number of aryl methyl sites for hydroxylation is 1. The maximum Gasteiger partial charge on any atom is 0.339 e. The van der Waals surface area contributed by atoms with Gasteiger partial charge in [0, 0.05) is 56.0 Å². The number of rotatable bonds is 5. The van der Waals surface area contributed by atoms with Crippen molar-refractivity contribution in [3.8, 4) is 0 Å². The van der Waals surface area contributed by atoms with Gasteiger partial charge < -0.3 is 14.6 Å². The lowest BCUT2D eigenvalue weighted by molar-refractivity contribution is 0.0697. The second-order valence-electron chi connectivity index (χ2n) is 7.18. The van der Waals surface area contributed by atoms with Gasteiger partial charge in [0.25, 0.3) is 0 Å². The zero-order chi connectivity index (χ0) is 19.5. The standard InChI is InChI=1S/C21H23N5O2/c1-15-4-5-18(21(27)28)20(24-15)25-11-2-3-17(14-25)19-23-10-12-26(19)13-16-6-8-22-9-7-16/h4-10,12,17H,2-3,11,13-14H2,1H3,(H,27,28)/t17-/m1/s1. The monoisotopic (exact) mass is 377 g/mol. The molecule has 0 aromatic carbocycles. The molecule has 144 valence electrons. The summed E-state index contributed by atoms with van der Waals surface area (Å²) in [6, 6.07) is 7.41. The molecule has 1 aliphatic rings. The van der Waals surface area contributed by atoms with E-state index >= 15 is 0 Å². The van der Waals surface area contributed by atoms with Crippen LogP contribution in [-0.4, -0.2) is 43.7 Å². The highest BCUT2D eigenvalue weighted by molar-refractivity contribution is 5.93. The molecule has 1 fully saturated rings. The highest BCUT2D eigenvalue weighted by atomic mass is 16.4. The van der Waals surface area contributed by atoms with E-state index < -0.39 is 5.97 Å². The van der Waals surface area contributed by atoms with Crippen molar-refractivity contribution in [1.29, 1.82) is 0 Å². The lowest BCUT2D eigenvalue weighted by Crippen LogP contribution is -2.37. The summed E-state index contributed by atoms with van der Waals surface area (Å²) in [4.78, 5) is 27.0. The molecule has 0 amide bonds. The number of hydrogen-bond donors (Lipinski definition) is 1. The number of hydrogen-bond acceptors (Lipinski definition) is 5. The first-order valence-corrected chi connectivity index (χ1v) is 9.47. The summed E-state index contributed by atoms with van der Waals surface area (Å²) in [7, 11) is 0. The molecule has 1 atom stereocenters. The molecule has 0 bridgehead atoms. The quantitative estimate of drug-likeness (QED) is 0.735. The molecule has 1 aliphatic heterocycles. The lowest BCUT2D eigenvalue weighted by atomic mass is 9.96. The second-order valence-corrected chi connectivity index (χ2v) is 7.18. The maximum absolute atomic E-state index is 11.7. The summed E-state index contributed by atoms with van der Waals surface area (Å²) in [5.74, 6) is 0.883. The zero-order valence-electron chi connectivity index (χ0n) is 15.8. The Morgan fingerprint density at radius 3 is 2.82 bits per heavy atom. The average molecular weight is 377 g/mol. The molecule has 1 saturated heterocycles. The minimum Gasteiger partial charge on any atom is -0.478 e. The fraction of sp³-hybridized carbons (Fsp3) is 0.333. The molecule has 0 saturated carbocycles. The number of carboxylic acid groups (broad SMARTS) is 1. The molecule has 0 unspecified atom stereocenters. The van der Waals surface area contributed by atoms with Crippen molar-refractivity contribution in [1.82, 2.24) is 19.5 Å². The summed E-state index contributed by atoms with van der Waals surface area (Å²) >= 11 is 0. The minimum absolute atomic E-state index is 0.231. The Kier molecular flexibility index (Phi) is 5.06. The zero-order valence-corrected chi connectivity index (χ0v) is 15.8. The van der Waals surface area contributed by atoms with Gasteiger partial charge in [-0.3, -0.25) is 4.98 Å². The van der Waals surface area contributed by atoms with Crippen LogP contribution < -0.4 is 4.90 Å². The van der Waals surface area contributed by atoms with Crippen molar-refractivity contribution in [2.75, 3.05) is 18.0 Å². The SMILES string of the molecule is Cc1ccc(C(=O)O)c(N2CCC[C@@H](c3nccn3Cc3ccncc3)C2)n1. The van der Waals surface area contributed by atoms with Crippen LogP contribution in [0.25, 0.3) is 0 Å². The van der Waals surface area contributed by atoms with Crippen LogP contribution in [0.1, 0.15) is 46.2 Å². The Morgan fingerprint density at radius 2 is 2.04 bits per heavy atom. The van der Waals surface area contributed by atoms with E-state index in [1.54, 1.807) is 24.5 Å². The molecule has 0 aliphatic carbocycles. The first kappa shape index (κ1) is 18.2. The third kappa shape index (κ3) is 3.74. The van der Waals surface area contributed by atoms with Crippen LogP contribution in [0.2, 0.25) is 0 Å². The molecule has 3 aromatic heterocycles. The molecular weight excluding hydrogens is 354 g/mol. The predicted octanol–water partition coefficient (Wildman–Crippen LogP) is 3.11. The summed E-state index contributed by atoms with van der Waals surface area (Å²) in [6.07, 6.45) is 9.43. The molecule has 3 aromatic rings. The second kappa shape index (κ2) is 7.80. The number of nitrogens with zero attached hydrogens (tertiary/aromatic N) is 5. The first-order valence-electron chi connectivity index (χ1n) is 9.47. The van der Waals surface area contributed by atoms with Crippen LogP contribution >= 0.6 is 0 Å². The largest absolute Gasteiger partial charge is 0.478 e. The minimum atomic E-state index is -0.941. The lowest BCUT2D eigenvalue weighted by Gasteiger charge is -2.34.